The number of aromatic nitrogens is 1. The molecule has 0 saturated carbocycles. The Bertz CT molecular complexity index is 1190. The number of benzene rings is 2. The van der Waals surface area contributed by atoms with Crippen molar-refractivity contribution < 1.29 is 13.2 Å². The van der Waals surface area contributed by atoms with Gasteiger partial charge in [0, 0.05) is 22.5 Å². The number of hydrogen-bond acceptors (Lipinski definition) is 5. The number of fused-ring (bicyclic) bond motifs is 4. The summed E-state index contributed by atoms with van der Waals surface area (Å²) in [7, 11) is -3.91. The topological polar surface area (TPSA) is 76.1 Å². The van der Waals surface area contributed by atoms with E-state index < -0.39 is 9.84 Å². The second-order valence-electron chi connectivity index (χ2n) is 6.44. The zero-order valence-corrected chi connectivity index (χ0v) is 16.2. The van der Waals surface area contributed by atoms with Crippen molar-refractivity contribution in [3.05, 3.63) is 58.6 Å². The maximum absolute atomic E-state index is 13.4. The van der Waals surface area contributed by atoms with E-state index in [1.807, 2.05) is 13.0 Å². The SMILES string of the molecule is CCCCNc1nc2ccccc2c2c1S(=O)(=O)c1ccc(Cl)cc1C2=O. The maximum Gasteiger partial charge on any atom is 0.211 e. The van der Waals surface area contributed by atoms with Crippen LogP contribution in [0.4, 0.5) is 5.82 Å². The number of pyridine rings is 1. The summed E-state index contributed by atoms with van der Waals surface area (Å²) in [6, 6.07) is 11.4. The van der Waals surface area contributed by atoms with Crippen molar-refractivity contribution in [2.75, 3.05) is 11.9 Å². The van der Waals surface area contributed by atoms with Gasteiger partial charge in [0.25, 0.3) is 0 Å². The van der Waals surface area contributed by atoms with Gasteiger partial charge in [0.2, 0.25) is 9.84 Å². The van der Waals surface area contributed by atoms with Gasteiger partial charge in [0.15, 0.2) is 5.78 Å². The van der Waals surface area contributed by atoms with E-state index in [1.54, 1.807) is 18.2 Å². The van der Waals surface area contributed by atoms with Crippen LogP contribution in [0.3, 0.4) is 0 Å². The Labute approximate surface area is 162 Å². The van der Waals surface area contributed by atoms with Crippen LogP contribution < -0.4 is 5.32 Å². The molecule has 7 heteroatoms. The minimum absolute atomic E-state index is 0.0278. The highest BCUT2D eigenvalue weighted by Gasteiger charge is 2.39. The highest BCUT2D eigenvalue weighted by molar-refractivity contribution is 7.92. The monoisotopic (exact) mass is 400 g/mol. The van der Waals surface area contributed by atoms with E-state index >= 15 is 0 Å². The number of rotatable bonds is 4. The van der Waals surface area contributed by atoms with Crippen molar-refractivity contribution in [2.45, 2.75) is 29.6 Å². The van der Waals surface area contributed by atoms with Crippen LogP contribution in [0.25, 0.3) is 10.9 Å². The van der Waals surface area contributed by atoms with Gasteiger partial charge in [-0.05, 0) is 30.7 Å². The van der Waals surface area contributed by atoms with Gasteiger partial charge >= 0.3 is 0 Å². The number of anilines is 1. The maximum atomic E-state index is 13.4. The third-order valence-corrected chi connectivity index (χ3v) is 6.75. The average molecular weight is 401 g/mol. The van der Waals surface area contributed by atoms with Crippen LogP contribution in [0.1, 0.15) is 35.7 Å². The number of ketones is 1. The molecule has 2 aromatic carbocycles. The van der Waals surface area contributed by atoms with Crippen LogP contribution >= 0.6 is 11.6 Å². The molecule has 3 aromatic rings. The van der Waals surface area contributed by atoms with E-state index in [4.69, 9.17) is 11.6 Å². The molecule has 1 aliphatic rings. The number of carbonyl (C=O) groups excluding carboxylic acids is 1. The fourth-order valence-corrected chi connectivity index (χ4v) is 5.27. The second kappa shape index (κ2) is 6.62. The molecule has 138 valence electrons. The number of sulfone groups is 1. The molecule has 0 saturated heterocycles. The number of hydrogen-bond donors (Lipinski definition) is 1. The summed E-state index contributed by atoms with van der Waals surface area (Å²) in [6.45, 7) is 2.62. The molecule has 2 heterocycles. The molecular weight excluding hydrogens is 384 g/mol. The predicted molar refractivity (Wildman–Crippen MR) is 105 cm³/mol. The lowest BCUT2D eigenvalue weighted by Crippen LogP contribution is -2.23. The van der Waals surface area contributed by atoms with Crippen LogP contribution in [0.15, 0.2) is 52.3 Å². The second-order valence-corrected chi connectivity index (χ2v) is 8.73. The molecule has 4 rings (SSSR count). The first-order chi connectivity index (χ1) is 12.9. The first kappa shape index (κ1) is 17.9. The summed E-state index contributed by atoms with van der Waals surface area (Å²) in [6.07, 6.45) is 1.82. The van der Waals surface area contributed by atoms with Crippen molar-refractivity contribution in [2.24, 2.45) is 0 Å². The number of halogens is 1. The Morgan fingerprint density at radius 3 is 2.70 bits per heavy atom. The van der Waals surface area contributed by atoms with Gasteiger partial charge in [-0.25, -0.2) is 13.4 Å². The van der Waals surface area contributed by atoms with Crippen LogP contribution in [0.5, 0.6) is 0 Å². The minimum atomic E-state index is -3.91. The van der Waals surface area contributed by atoms with E-state index in [1.165, 1.54) is 18.2 Å². The van der Waals surface area contributed by atoms with Crippen molar-refractivity contribution in [1.82, 2.24) is 4.98 Å². The summed E-state index contributed by atoms with van der Waals surface area (Å²) in [4.78, 5) is 17.7. The van der Waals surface area contributed by atoms with Gasteiger partial charge < -0.3 is 5.32 Å². The number of para-hydroxylation sites is 1. The number of nitrogens with one attached hydrogen (secondary N) is 1. The van der Waals surface area contributed by atoms with Crippen LogP contribution in [0, 0.1) is 0 Å². The molecule has 27 heavy (non-hydrogen) atoms. The van der Waals surface area contributed by atoms with Crippen LogP contribution in [-0.4, -0.2) is 25.7 Å². The molecule has 1 aromatic heterocycles. The molecule has 0 fully saturated rings. The summed E-state index contributed by atoms with van der Waals surface area (Å²) >= 11 is 6.02. The number of unbranched alkanes of at least 4 members (excludes halogenated alkanes) is 1. The molecule has 1 aliphatic heterocycles. The van der Waals surface area contributed by atoms with E-state index in [0.29, 0.717) is 22.5 Å². The quantitative estimate of drug-likeness (QED) is 0.511. The number of carbonyl (C=O) groups is 1. The minimum Gasteiger partial charge on any atom is -0.369 e. The molecule has 0 aliphatic carbocycles. The Kier molecular flexibility index (Phi) is 4.40. The van der Waals surface area contributed by atoms with Gasteiger partial charge in [0.05, 0.1) is 16.0 Å². The first-order valence-corrected chi connectivity index (χ1v) is 10.6. The molecule has 0 bridgehead atoms. The van der Waals surface area contributed by atoms with E-state index in [0.717, 1.165) is 12.8 Å². The third-order valence-electron chi connectivity index (χ3n) is 4.64. The summed E-state index contributed by atoms with van der Waals surface area (Å²) in [5.41, 5.74) is 0.838. The molecule has 0 atom stereocenters. The molecule has 0 amide bonds. The number of nitrogens with zero attached hydrogens (tertiary/aromatic N) is 1. The third kappa shape index (κ3) is 2.80. The highest BCUT2D eigenvalue weighted by Crippen LogP contribution is 2.41. The molecule has 0 spiro atoms. The highest BCUT2D eigenvalue weighted by atomic mass is 35.5. The van der Waals surface area contributed by atoms with Crippen molar-refractivity contribution in [3.8, 4) is 0 Å². The van der Waals surface area contributed by atoms with Gasteiger partial charge in [-0.3, -0.25) is 4.79 Å². The average Bonchev–Trinajstić information content (AvgIpc) is 2.65. The Morgan fingerprint density at radius 2 is 1.93 bits per heavy atom. The fraction of sp³-hybridized carbons (Fsp3) is 0.200. The zero-order valence-electron chi connectivity index (χ0n) is 14.6. The van der Waals surface area contributed by atoms with Crippen molar-refractivity contribution in [1.29, 1.82) is 0 Å². The summed E-state index contributed by atoms with van der Waals surface area (Å²) in [5.74, 6) is -0.124. The summed E-state index contributed by atoms with van der Waals surface area (Å²) < 4.78 is 26.7. The van der Waals surface area contributed by atoms with E-state index in [9.17, 15) is 13.2 Å². The van der Waals surface area contributed by atoms with Gasteiger partial charge in [0.1, 0.15) is 10.7 Å². The smallest absolute Gasteiger partial charge is 0.211 e. The van der Waals surface area contributed by atoms with E-state index in [2.05, 4.69) is 10.3 Å². The Balaban J connectivity index is 2.07. The standard InChI is InChI=1S/C20H17ClN2O3S/c1-2-3-10-22-20-19-17(13-6-4-5-7-15(13)23-20)18(24)14-11-12(21)8-9-16(14)27(19,25)26/h4-9,11H,2-3,10H2,1H3,(H,22,23). The van der Waals surface area contributed by atoms with Crippen LogP contribution in [0.2, 0.25) is 5.02 Å². The normalized spacial score (nSPS) is 14.7. The van der Waals surface area contributed by atoms with E-state index in [-0.39, 0.29) is 32.5 Å². The van der Waals surface area contributed by atoms with Gasteiger partial charge in [-0.2, -0.15) is 0 Å². The van der Waals surface area contributed by atoms with Crippen molar-refractivity contribution in [3.63, 3.8) is 0 Å². The van der Waals surface area contributed by atoms with Gasteiger partial charge in [-0.1, -0.05) is 43.1 Å². The molecular formula is C20H17ClN2O3S. The van der Waals surface area contributed by atoms with Crippen LogP contribution in [-0.2, 0) is 9.84 Å². The fourth-order valence-electron chi connectivity index (χ4n) is 3.34. The predicted octanol–water partition coefficient (Wildman–Crippen LogP) is 4.48. The Hall–Kier alpha value is -2.44. The lowest BCUT2D eigenvalue weighted by atomic mass is 9.98. The molecule has 0 unspecified atom stereocenters. The summed E-state index contributed by atoms with van der Waals surface area (Å²) in [5, 5.41) is 3.96. The zero-order chi connectivity index (χ0) is 19.2. The molecule has 1 N–H and O–H groups in total. The van der Waals surface area contributed by atoms with Gasteiger partial charge in [-0.15, -0.1) is 0 Å². The Morgan fingerprint density at radius 1 is 1.15 bits per heavy atom. The first-order valence-electron chi connectivity index (χ1n) is 8.71. The molecule has 5 nitrogen and oxygen atoms in total. The lowest BCUT2D eigenvalue weighted by Gasteiger charge is -2.23. The largest absolute Gasteiger partial charge is 0.369 e. The molecule has 0 radical (unpaired) electrons. The van der Waals surface area contributed by atoms with Crippen molar-refractivity contribution >= 4 is 43.9 Å². The lowest BCUT2D eigenvalue weighted by molar-refractivity contribution is 0.103.